The van der Waals surface area contributed by atoms with Gasteiger partial charge in [0.25, 0.3) is 0 Å². The van der Waals surface area contributed by atoms with E-state index in [1.165, 1.54) is 16.4 Å². The van der Waals surface area contributed by atoms with Gasteiger partial charge in [0, 0.05) is 32.7 Å². The molecule has 0 aliphatic carbocycles. The number of carbonyl (C=O) groups excluding carboxylic acids is 1. The molecule has 4 rings (SSSR count). The zero-order chi connectivity index (χ0) is 26.3. The average Bonchev–Trinajstić information content (AvgIpc) is 2.94. The first-order chi connectivity index (χ1) is 17.9. The quantitative estimate of drug-likeness (QED) is 0.404. The second-order valence-corrected chi connectivity index (χ2v) is 10.6. The maximum absolute atomic E-state index is 13.6. The van der Waals surface area contributed by atoms with Crippen molar-refractivity contribution in [3.63, 3.8) is 0 Å². The van der Waals surface area contributed by atoms with Crippen LogP contribution in [0.1, 0.15) is 12.5 Å². The third-order valence-electron chi connectivity index (χ3n) is 6.34. The molecule has 0 aromatic heterocycles. The molecule has 0 radical (unpaired) electrons. The fraction of sp³-hybridized carbons (Fsp3) is 0.321. The lowest BCUT2D eigenvalue weighted by Gasteiger charge is -2.37. The molecule has 1 amide bonds. The van der Waals surface area contributed by atoms with Crippen molar-refractivity contribution in [1.29, 1.82) is 0 Å². The predicted octanol–water partition coefficient (Wildman–Crippen LogP) is 3.63. The number of hydrogen-bond donors (Lipinski definition) is 0. The third-order valence-corrected chi connectivity index (χ3v) is 8.15. The number of rotatable bonds is 10. The van der Waals surface area contributed by atoms with Crippen LogP contribution in [0.3, 0.4) is 0 Å². The Balaban J connectivity index is 1.49. The van der Waals surface area contributed by atoms with E-state index in [9.17, 15) is 13.2 Å². The molecule has 0 bridgehead atoms. The van der Waals surface area contributed by atoms with Gasteiger partial charge in [0.15, 0.2) is 0 Å². The minimum absolute atomic E-state index is 0.100. The van der Waals surface area contributed by atoms with Crippen LogP contribution in [0, 0.1) is 0 Å². The van der Waals surface area contributed by atoms with Crippen LogP contribution in [-0.2, 0) is 21.4 Å². The Morgan fingerprint density at radius 1 is 0.892 bits per heavy atom. The van der Waals surface area contributed by atoms with Crippen LogP contribution in [0.5, 0.6) is 11.5 Å². The molecule has 1 saturated heterocycles. The molecule has 1 fully saturated rings. The molecule has 8 nitrogen and oxygen atoms in total. The van der Waals surface area contributed by atoms with Crippen LogP contribution < -0.4 is 14.4 Å². The predicted molar refractivity (Wildman–Crippen MR) is 143 cm³/mol. The van der Waals surface area contributed by atoms with E-state index in [1.807, 2.05) is 61.5 Å². The molecule has 0 unspecified atom stereocenters. The van der Waals surface area contributed by atoms with Crippen LogP contribution in [0.4, 0.5) is 5.69 Å². The molecule has 0 N–H and O–H groups in total. The minimum Gasteiger partial charge on any atom is -0.495 e. The molecule has 196 valence electrons. The summed E-state index contributed by atoms with van der Waals surface area (Å²) in [6, 6.07) is 23.4. The Morgan fingerprint density at radius 3 is 2.19 bits per heavy atom. The van der Waals surface area contributed by atoms with E-state index < -0.39 is 10.0 Å². The molecule has 3 aromatic rings. The van der Waals surface area contributed by atoms with Crippen LogP contribution >= 0.6 is 0 Å². The highest BCUT2D eigenvalue weighted by atomic mass is 32.2. The molecule has 3 aromatic carbocycles. The summed E-state index contributed by atoms with van der Waals surface area (Å²) in [6.45, 7) is 4.49. The number of ether oxygens (including phenoxy) is 2. The standard InChI is InChI=1S/C28H33N3O5S/c1-3-36-24-13-15-25(16-14-24)37(33,34)31(21-23-9-5-4-6-10-23)22-28(32)30-19-17-29(18-20-30)26-11-7-8-12-27(26)35-2/h4-16H,3,17-22H2,1-2H3. The van der Waals surface area contributed by atoms with E-state index in [4.69, 9.17) is 9.47 Å². The van der Waals surface area contributed by atoms with Gasteiger partial charge in [-0.05, 0) is 48.9 Å². The summed E-state index contributed by atoms with van der Waals surface area (Å²) in [6.07, 6.45) is 0. The van der Waals surface area contributed by atoms with Crippen molar-refractivity contribution >= 4 is 21.6 Å². The van der Waals surface area contributed by atoms with E-state index in [0.717, 1.165) is 17.0 Å². The number of sulfonamides is 1. The van der Waals surface area contributed by atoms with Crippen LogP contribution in [-0.4, -0.2) is 70.0 Å². The first kappa shape index (κ1) is 26.5. The Morgan fingerprint density at radius 2 is 1.54 bits per heavy atom. The number of amides is 1. The fourth-order valence-electron chi connectivity index (χ4n) is 4.38. The number of carbonyl (C=O) groups is 1. The van der Waals surface area contributed by atoms with Crippen LogP contribution in [0.25, 0.3) is 0 Å². The van der Waals surface area contributed by atoms with E-state index in [-0.39, 0.29) is 23.9 Å². The molecule has 37 heavy (non-hydrogen) atoms. The number of hydrogen-bond acceptors (Lipinski definition) is 6. The molecule has 1 heterocycles. The molecule has 0 spiro atoms. The highest BCUT2D eigenvalue weighted by molar-refractivity contribution is 7.89. The summed E-state index contributed by atoms with van der Waals surface area (Å²) in [5, 5.41) is 0. The van der Waals surface area contributed by atoms with Gasteiger partial charge in [-0.25, -0.2) is 8.42 Å². The van der Waals surface area contributed by atoms with E-state index in [0.29, 0.717) is 38.5 Å². The fourth-order valence-corrected chi connectivity index (χ4v) is 5.75. The zero-order valence-electron chi connectivity index (χ0n) is 21.2. The lowest BCUT2D eigenvalue weighted by atomic mass is 10.2. The van der Waals surface area contributed by atoms with Crippen LogP contribution in [0.2, 0.25) is 0 Å². The molecule has 0 atom stereocenters. The van der Waals surface area contributed by atoms with Crippen molar-refractivity contribution in [2.24, 2.45) is 0 Å². The number of benzene rings is 3. The van der Waals surface area contributed by atoms with Crippen molar-refractivity contribution in [1.82, 2.24) is 9.21 Å². The Hall–Kier alpha value is -3.56. The largest absolute Gasteiger partial charge is 0.495 e. The molecule has 1 aliphatic rings. The lowest BCUT2D eigenvalue weighted by Crippen LogP contribution is -2.51. The summed E-state index contributed by atoms with van der Waals surface area (Å²) < 4.78 is 39.4. The van der Waals surface area contributed by atoms with Gasteiger partial charge in [-0.2, -0.15) is 4.31 Å². The van der Waals surface area contributed by atoms with Gasteiger partial charge >= 0.3 is 0 Å². The van der Waals surface area contributed by atoms with Crippen LogP contribution in [0.15, 0.2) is 83.8 Å². The minimum atomic E-state index is -3.92. The first-order valence-electron chi connectivity index (χ1n) is 12.3. The smallest absolute Gasteiger partial charge is 0.243 e. The zero-order valence-corrected chi connectivity index (χ0v) is 22.1. The number of nitrogens with zero attached hydrogens (tertiary/aromatic N) is 3. The van der Waals surface area contributed by atoms with Gasteiger partial charge < -0.3 is 19.3 Å². The Kier molecular flexibility index (Phi) is 8.68. The van der Waals surface area contributed by atoms with Crippen molar-refractivity contribution in [3.05, 3.63) is 84.4 Å². The van der Waals surface area contributed by atoms with Gasteiger partial charge in [0.2, 0.25) is 15.9 Å². The van der Waals surface area contributed by atoms with Crippen molar-refractivity contribution in [2.75, 3.05) is 51.3 Å². The number of anilines is 1. The molecule has 1 aliphatic heterocycles. The number of piperazine rings is 1. The maximum Gasteiger partial charge on any atom is 0.243 e. The average molecular weight is 524 g/mol. The topological polar surface area (TPSA) is 79.4 Å². The second kappa shape index (κ2) is 12.1. The lowest BCUT2D eigenvalue weighted by molar-refractivity contribution is -0.131. The van der Waals surface area contributed by atoms with Gasteiger partial charge in [-0.15, -0.1) is 0 Å². The molecule has 9 heteroatoms. The first-order valence-corrected chi connectivity index (χ1v) is 13.8. The SMILES string of the molecule is CCOc1ccc(S(=O)(=O)N(CC(=O)N2CCN(c3ccccc3OC)CC2)Cc2ccccc2)cc1. The van der Waals surface area contributed by atoms with Crippen molar-refractivity contribution in [2.45, 2.75) is 18.4 Å². The second-order valence-electron chi connectivity index (χ2n) is 8.70. The number of para-hydroxylation sites is 2. The number of methoxy groups -OCH3 is 1. The monoisotopic (exact) mass is 523 g/mol. The molecular formula is C28H33N3O5S. The van der Waals surface area contributed by atoms with Gasteiger partial charge in [0.05, 0.1) is 30.8 Å². The summed E-state index contributed by atoms with van der Waals surface area (Å²) in [4.78, 5) is 17.4. The highest BCUT2D eigenvalue weighted by Crippen LogP contribution is 2.28. The normalized spacial score (nSPS) is 14.0. The third kappa shape index (κ3) is 6.42. The van der Waals surface area contributed by atoms with Crippen molar-refractivity contribution in [3.8, 4) is 11.5 Å². The summed E-state index contributed by atoms with van der Waals surface area (Å²) >= 11 is 0. The Bertz CT molecular complexity index is 1270. The highest BCUT2D eigenvalue weighted by Gasteiger charge is 2.30. The van der Waals surface area contributed by atoms with Crippen molar-refractivity contribution < 1.29 is 22.7 Å². The Labute approximate surface area is 219 Å². The van der Waals surface area contributed by atoms with E-state index >= 15 is 0 Å². The van der Waals surface area contributed by atoms with E-state index in [1.54, 1.807) is 24.1 Å². The van der Waals surface area contributed by atoms with E-state index in [2.05, 4.69) is 4.90 Å². The summed E-state index contributed by atoms with van der Waals surface area (Å²) in [5.74, 6) is 1.17. The molecular weight excluding hydrogens is 490 g/mol. The maximum atomic E-state index is 13.6. The summed E-state index contributed by atoms with van der Waals surface area (Å²) in [7, 11) is -2.28. The van der Waals surface area contributed by atoms with Gasteiger partial charge in [0.1, 0.15) is 11.5 Å². The molecule has 0 saturated carbocycles. The van der Waals surface area contributed by atoms with Gasteiger partial charge in [-0.1, -0.05) is 42.5 Å². The summed E-state index contributed by atoms with van der Waals surface area (Å²) in [5.41, 5.74) is 1.80. The van der Waals surface area contributed by atoms with Gasteiger partial charge in [-0.3, -0.25) is 4.79 Å².